The second-order valence-corrected chi connectivity index (χ2v) is 7.51. The number of benzene rings is 1. The van der Waals surface area contributed by atoms with Crippen molar-refractivity contribution in [2.45, 2.75) is 32.8 Å². The van der Waals surface area contributed by atoms with Gasteiger partial charge in [-0.1, -0.05) is 35.9 Å². The third kappa shape index (κ3) is 5.65. The maximum atomic E-state index is 12.2. The minimum absolute atomic E-state index is 0.252. The topological polar surface area (TPSA) is 58.8 Å². The Morgan fingerprint density at radius 1 is 1.20 bits per heavy atom. The first-order valence-electron chi connectivity index (χ1n) is 8.70. The van der Waals surface area contributed by atoms with E-state index < -0.39 is 5.60 Å². The number of ether oxygens (including phenoxy) is 1. The number of amides is 1. The molecule has 25 heavy (non-hydrogen) atoms. The number of hydrogen-bond acceptors (Lipinski definition) is 4. The van der Waals surface area contributed by atoms with Crippen LogP contribution in [0.3, 0.4) is 0 Å². The van der Waals surface area contributed by atoms with Crippen molar-refractivity contribution in [3.05, 3.63) is 40.9 Å². The van der Waals surface area contributed by atoms with Gasteiger partial charge >= 0.3 is 6.09 Å². The lowest BCUT2D eigenvalue weighted by Gasteiger charge is -2.38. The van der Waals surface area contributed by atoms with Gasteiger partial charge < -0.3 is 20.3 Å². The molecule has 1 saturated heterocycles. The minimum atomic E-state index is -0.474. The Morgan fingerprint density at radius 3 is 2.36 bits per heavy atom. The molecule has 2 rings (SSSR count). The molecule has 0 spiro atoms. The van der Waals surface area contributed by atoms with Gasteiger partial charge in [-0.2, -0.15) is 0 Å². The van der Waals surface area contributed by atoms with Crippen LogP contribution in [0.1, 0.15) is 32.8 Å². The van der Waals surface area contributed by atoms with Crippen molar-refractivity contribution in [2.24, 2.45) is 5.73 Å². The Morgan fingerprint density at radius 2 is 1.80 bits per heavy atom. The highest BCUT2D eigenvalue weighted by Crippen LogP contribution is 2.28. The van der Waals surface area contributed by atoms with Gasteiger partial charge in [0.2, 0.25) is 0 Å². The first-order valence-corrected chi connectivity index (χ1v) is 9.07. The third-order valence-electron chi connectivity index (χ3n) is 3.93. The molecule has 0 radical (unpaired) electrons. The van der Waals surface area contributed by atoms with Crippen LogP contribution in [-0.4, -0.2) is 54.2 Å². The first-order chi connectivity index (χ1) is 11.8. The molecule has 0 unspecified atom stereocenters. The molecule has 1 amide bonds. The molecular formula is C19H28ClN3O2. The summed E-state index contributed by atoms with van der Waals surface area (Å²) >= 11 is 6.39. The van der Waals surface area contributed by atoms with E-state index in [1.54, 1.807) is 4.90 Å². The van der Waals surface area contributed by atoms with Crippen molar-refractivity contribution in [2.75, 3.05) is 32.7 Å². The third-order valence-corrected chi connectivity index (χ3v) is 4.26. The average molecular weight is 366 g/mol. The number of rotatable bonds is 4. The molecule has 0 bridgehead atoms. The van der Waals surface area contributed by atoms with Crippen LogP contribution in [0.5, 0.6) is 0 Å². The van der Waals surface area contributed by atoms with Crippen LogP contribution in [-0.2, 0) is 4.74 Å². The minimum Gasteiger partial charge on any atom is -0.444 e. The largest absolute Gasteiger partial charge is 0.444 e. The number of nitrogens with two attached hydrogens (primary N) is 1. The Bertz CT molecular complexity index is 617. The smallest absolute Gasteiger partial charge is 0.410 e. The van der Waals surface area contributed by atoms with E-state index >= 15 is 0 Å². The van der Waals surface area contributed by atoms with E-state index in [2.05, 4.69) is 11.0 Å². The van der Waals surface area contributed by atoms with Gasteiger partial charge in [0, 0.05) is 42.5 Å². The van der Waals surface area contributed by atoms with Gasteiger partial charge in [-0.15, -0.1) is 0 Å². The Hall–Kier alpha value is -1.72. The van der Waals surface area contributed by atoms with Gasteiger partial charge in [0.15, 0.2) is 0 Å². The fraction of sp³-hybridized carbons (Fsp3) is 0.526. The molecule has 138 valence electrons. The molecule has 5 nitrogen and oxygen atoms in total. The molecule has 1 heterocycles. The molecular weight excluding hydrogens is 338 g/mol. The van der Waals surface area contributed by atoms with E-state index in [1.165, 1.54) is 0 Å². The summed E-state index contributed by atoms with van der Waals surface area (Å²) in [7, 11) is 0. The predicted molar refractivity (Wildman–Crippen MR) is 102 cm³/mol. The fourth-order valence-corrected chi connectivity index (χ4v) is 2.99. The molecule has 2 N–H and O–H groups in total. The molecule has 6 heteroatoms. The average Bonchev–Trinajstić information content (AvgIpc) is 2.55. The van der Waals surface area contributed by atoms with Crippen molar-refractivity contribution in [3.8, 4) is 0 Å². The molecule has 0 saturated carbocycles. The van der Waals surface area contributed by atoms with Gasteiger partial charge in [0.25, 0.3) is 0 Å². The van der Waals surface area contributed by atoms with Crippen LogP contribution in [0.25, 0.3) is 5.70 Å². The van der Waals surface area contributed by atoms with Crippen LogP contribution >= 0.6 is 11.6 Å². The van der Waals surface area contributed by atoms with Crippen molar-refractivity contribution in [1.82, 2.24) is 9.80 Å². The Kier molecular flexibility index (Phi) is 6.73. The lowest BCUT2D eigenvalue weighted by Crippen LogP contribution is -2.49. The lowest BCUT2D eigenvalue weighted by molar-refractivity contribution is 0.0182. The van der Waals surface area contributed by atoms with Crippen molar-refractivity contribution < 1.29 is 9.53 Å². The van der Waals surface area contributed by atoms with Gasteiger partial charge in [0.05, 0.1) is 0 Å². The van der Waals surface area contributed by atoms with Gasteiger partial charge in [-0.3, -0.25) is 0 Å². The van der Waals surface area contributed by atoms with Gasteiger partial charge in [-0.25, -0.2) is 4.79 Å². The summed E-state index contributed by atoms with van der Waals surface area (Å²) in [5.74, 6) is 0. The normalized spacial score (nSPS) is 16.1. The predicted octanol–water partition coefficient (Wildman–Crippen LogP) is 3.58. The summed E-state index contributed by atoms with van der Waals surface area (Å²) in [6.45, 7) is 8.96. The molecule has 1 aliphatic rings. The van der Waals surface area contributed by atoms with Crippen LogP contribution < -0.4 is 5.73 Å². The molecule has 1 aromatic carbocycles. The van der Waals surface area contributed by atoms with E-state index in [4.69, 9.17) is 22.1 Å². The zero-order valence-electron chi connectivity index (χ0n) is 15.3. The summed E-state index contributed by atoms with van der Waals surface area (Å²) in [6, 6.07) is 7.82. The van der Waals surface area contributed by atoms with E-state index in [1.807, 2.05) is 45.0 Å². The van der Waals surface area contributed by atoms with Crippen molar-refractivity contribution in [3.63, 3.8) is 0 Å². The zero-order chi connectivity index (χ0) is 18.4. The van der Waals surface area contributed by atoms with E-state index in [-0.39, 0.29) is 6.09 Å². The zero-order valence-corrected chi connectivity index (χ0v) is 16.1. The van der Waals surface area contributed by atoms with Crippen LogP contribution in [0.4, 0.5) is 4.79 Å². The second-order valence-electron chi connectivity index (χ2n) is 7.10. The number of carbonyl (C=O) groups excluding carboxylic acids is 1. The summed E-state index contributed by atoms with van der Waals surface area (Å²) in [5, 5.41) is 0.723. The highest BCUT2D eigenvalue weighted by molar-refractivity contribution is 6.32. The maximum absolute atomic E-state index is 12.2. The molecule has 0 aromatic heterocycles. The Labute approximate surface area is 155 Å². The molecule has 1 aliphatic heterocycles. The highest BCUT2D eigenvalue weighted by Gasteiger charge is 2.27. The van der Waals surface area contributed by atoms with Gasteiger partial charge in [-0.05, 0) is 39.8 Å². The van der Waals surface area contributed by atoms with Crippen LogP contribution in [0.2, 0.25) is 5.02 Å². The SMILES string of the molecule is CC(C)(C)OC(=O)N1CCN(/C(=C\CCN)c2ccccc2Cl)CC1. The van der Waals surface area contributed by atoms with E-state index in [0.717, 1.165) is 35.8 Å². The summed E-state index contributed by atoms with van der Waals surface area (Å²) < 4.78 is 5.46. The van der Waals surface area contributed by atoms with Crippen molar-refractivity contribution in [1.29, 1.82) is 0 Å². The van der Waals surface area contributed by atoms with E-state index in [0.29, 0.717) is 19.6 Å². The second kappa shape index (κ2) is 8.59. The monoisotopic (exact) mass is 365 g/mol. The summed E-state index contributed by atoms with van der Waals surface area (Å²) in [5.41, 5.74) is 7.29. The number of piperazine rings is 1. The molecule has 0 aliphatic carbocycles. The van der Waals surface area contributed by atoms with Crippen LogP contribution in [0, 0.1) is 0 Å². The quantitative estimate of drug-likeness (QED) is 0.885. The molecule has 0 atom stereocenters. The summed E-state index contributed by atoms with van der Waals surface area (Å²) in [6.07, 6.45) is 2.66. The number of halogens is 1. The summed E-state index contributed by atoms with van der Waals surface area (Å²) in [4.78, 5) is 16.2. The highest BCUT2D eigenvalue weighted by atomic mass is 35.5. The Balaban J connectivity index is 2.08. The number of carbonyl (C=O) groups is 1. The fourth-order valence-electron chi connectivity index (χ4n) is 2.75. The first kappa shape index (κ1) is 19.6. The van der Waals surface area contributed by atoms with Crippen LogP contribution in [0.15, 0.2) is 30.3 Å². The van der Waals surface area contributed by atoms with Crippen molar-refractivity contribution >= 4 is 23.4 Å². The molecule has 1 aromatic rings. The van der Waals surface area contributed by atoms with E-state index in [9.17, 15) is 4.79 Å². The number of hydrogen-bond donors (Lipinski definition) is 1. The lowest BCUT2D eigenvalue weighted by atomic mass is 10.1. The molecule has 1 fully saturated rings. The van der Waals surface area contributed by atoms with Gasteiger partial charge in [0.1, 0.15) is 5.60 Å². The standard InChI is InChI=1S/C19H28ClN3O2/c1-19(2,3)25-18(24)23-13-11-22(12-14-23)17(9-6-10-21)15-7-4-5-8-16(15)20/h4-5,7-9H,6,10-14,21H2,1-3H3/b17-9-. The number of nitrogens with zero attached hydrogens (tertiary/aromatic N) is 2. The maximum Gasteiger partial charge on any atom is 0.410 e.